The fourth-order valence-corrected chi connectivity index (χ4v) is 1.85. The van der Waals surface area contributed by atoms with Crippen molar-refractivity contribution in [3.8, 4) is 11.5 Å². The predicted octanol–water partition coefficient (Wildman–Crippen LogP) is 4.10. The molecule has 0 aliphatic rings. The Hall–Kier alpha value is -2.28. The molecule has 0 saturated carbocycles. The average molecular weight is 340 g/mol. The van der Waals surface area contributed by atoms with E-state index in [0.29, 0.717) is 10.8 Å². The van der Waals surface area contributed by atoms with Gasteiger partial charge in [-0.3, -0.25) is 14.9 Å². The molecule has 7 heteroatoms. The Kier molecular flexibility index (Phi) is 4.09. The van der Waals surface area contributed by atoms with Crippen molar-refractivity contribution in [3.63, 3.8) is 0 Å². The van der Waals surface area contributed by atoms with E-state index in [9.17, 15) is 19.3 Å². The standard InChI is InChI=1S/C13H7BrFNO4/c14-12-2-1-10(16(18)19)6-13(12)20-11-4-8(7-17)3-9(15)5-11/h1-7H. The zero-order chi connectivity index (χ0) is 14.7. The summed E-state index contributed by atoms with van der Waals surface area (Å²) in [5.41, 5.74) is -0.0447. The Morgan fingerprint density at radius 2 is 2.00 bits per heavy atom. The topological polar surface area (TPSA) is 69.4 Å². The van der Waals surface area contributed by atoms with Crippen LogP contribution in [0, 0.1) is 15.9 Å². The summed E-state index contributed by atoms with van der Waals surface area (Å²) in [6.07, 6.45) is 0.485. The number of benzene rings is 2. The summed E-state index contributed by atoms with van der Waals surface area (Å²) in [6.45, 7) is 0. The van der Waals surface area contributed by atoms with E-state index in [2.05, 4.69) is 15.9 Å². The summed E-state index contributed by atoms with van der Waals surface area (Å²) < 4.78 is 19.1. The summed E-state index contributed by atoms with van der Waals surface area (Å²) in [4.78, 5) is 20.8. The zero-order valence-electron chi connectivity index (χ0n) is 9.88. The number of carbonyl (C=O) groups excluding carboxylic acids is 1. The minimum Gasteiger partial charge on any atom is -0.456 e. The first-order valence-corrected chi connectivity index (χ1v) is 6.16. The molecule has 0 bridgehead atoms. The summed E-state index contributed by atoms with van der Waals surface area (Å²) in [5.74, 6) is -0.402. The lowest BCUT2D eigenvalue weighted by Gasteiger charge is -2.08. The molecule has 0 aliphatic heterocycles. The van der Waals surface area contributed by atoms with Crippen LogP contribution in [0.3, 0.4) is 0 Å². The molecule has 0 atom stereocenters. The minimum atomic E-state index is -0.633. The first-order valence-electron chi connectivity index (χ1n) is 5.37. The normalized spacial score (nSPS) is 10.1. The van der Waals surface area contributed by atoms with Crippen LogP contribution in [-0.2, 0) is 0 Å². The van der Waals surface area contributed by atoms with Crippen molar-refractivity contribution in [3.05, 3.63) is 62.4 Å². The molecule has 2 rings (SSSR count). The Morgan fingerprint density at radius 1 is 1.25 bits per heavy atom. The number of hydrogen-bond donors (Lipinski definition) is 0. The zero-order valence-corrected chi connectivity index (χ0v) is 11.5. The van der Waals surface area contributed by atoms with Crippen LogP contribution in [0.2, 0.25) is 0 Å². The highest BCUT2D eigenvalue weighted by Crippen LogP contribution is 2.33. The fourth-order valence-electron chi connectivity index (χ4n) is 1.52. The summed E-state index contributed by atoms with van der Waals surface area (Å²) in [5, 5.41) is 10.7. The van der Waals surface area contributed by atoms with Gasteiger partial charge in [-0.25, -0.2) is 4.39 Å². The van der Waals surface area contributed by atoms with E-state index < -0.39 is 10.7 Å². The number of rotatable bonds is 4. The van der Waals surface area contributed by atoms with Crippen LogP contribution in [0.25, 0.3) is 0 Å². The van der Waals surface area contributed by atoms with Gasteiger partial charge in [-0.05, 0) is 34.1 Å². The number of non-ortho nitro benzene ring substituents is 1. The lowest BCUT2D eigenvalue weighted by atomic mass is 10.2. The lowest BCUT2D eigenvalue weighted by molar-refractivity contribution is -0.384. The summed E-state index contributed by atoms with van der Waals surface area (Å²) in [7, 11) is 0. The molecule has 2 aromatic rings. The van der Waals surface area contributed by atoms with Crippen LogP contribution in [0.5, 0.6) is 11.5 Å². The van der Waals surface area contributed by atoms with Crippen molar-refractivity contribution in [1.82, 2.24) is 0 Å². The van der Waals surface area contributed by atoms with E-state index in [-0.39, 0.29) is 22.7 Å². The van der Waals surface area contributed by atoms with Crippen LogP contribution in [0.15, 0.2) is 40.9 Å². The third-order valence-electron chi connectivity index (χ3n) is 2.38. The summed E-state index contributed by atoms with van der Waals surface area (Å²) in [6, 6.07) is 7.43. The number of carbonyl (C=O) groups is 1. The van der Waals surface area contributed by atoms with Gasteiger partial charge in [-0.1, -0.05) is 0 Å². The van der Waals surface area contributed by atoms with Gasteiger partial charge in [0.2, 0.25) is 0 Å². The van der Waals surface area contributed by atoms with E-state index in [1.165, 1.54) is 24.3 Å². The van der Waals surface area contributed by atoms with Gasteiger partial charge in [0.1, 0.15) is 23.6 Å². The Balaban J connectivity index is 2.38. The molecular formula is C13H7BrFNO4. The van der Waals surface area contributed by atoms with Gasteiger partial charge in [0.15, 0.2) is 0 Å². The van der Waals surface area contributed by atoms with Crippen molar-refractivity contribution in [2.45, 2.75) is 0 Å². The second-order valence-corrected chi connectivity index (χ2v) is 4.67. The molecular weight excluding hydrogens is 333 g/mol. The Labute approximate surface area is 121 Å². The molecule has 0 amide bonds. The molecule has 2 aromatic carbocycles. The van der Waals surface area contributed by atoms with Crippen molar-refractivity contribution in [2.24, 2.45) is 0 Å². The van der Waals surface area contributed by atoms with E-state index in [1.54, 1.807) is 0 Å². The second kappa shape index (κ2) is 5.79. The quantitative estimate of drug-likeness (QED) is 0.477. The van der Waals surface area contributed by atoms with Gasteiger partial charge in [0.25, 0.3) is 5.69 Å². The molecule has 5 nitrogen and oxygen atoms in total. The molecule has 0 unspecified atom stereocenters. The van der Waals surface area contributed by atoms with Crippen LogP contribution in [0.1, 0.15) is 10.4 Å². The maximum atomic E-state index is 13.3. The Morgan fingerprint density at radius 3 is 2.65 bits per heavy atom. The van der Waals surface area contributed by atoms with Crippen LogP contribution in [-0.4, -0.2) is 11.2 Å². The first-order chi connectivity index (χ1) is 9.49. The fraction of sp³-hybridized carbons (Fsp3) is 0. The van der Waals surface area contributed by atoms with Crippen molar-refractivity contribution in [1.29, 1.82) is 0 Å². The molecule has 0 spiro atoms. The number of hydrogen-bond acceptors (Lipinski definition) is 4. The van der Waals surface area contributed by atoms with E-state index in [1.807, 2.05) is 0 Å². The van der Waals surface area contributed by atoms with Crippen molar-refractivity contribution in [2.75, 3.05) is 0 Å². The Bertz CT molecular complexity index is 690. The maximum absolute atomic E-state index is 13.3. The highest BCUT2D eigenvalue weighted by atomic mass is 79.9. The van der Waals surface area contributed by atoms with Gasteiger partial charge in [0.05, 0.1) is 15.5 Å². The van der Waals surface area contributed by atoms with Crippen molar-refractivity contribution < 1.29 is 18.8 Å². The molecule has 20 heavy (non-hydrogen) atoms. The maximum Gasteiger partial charge on any atom is 0.273 e. The van der Waals surface area contributed by atoms with Gasteiger partial charge >= 0.3 is 0 Å². The minimum absolute atomic E-state index is 0.0771. The molecule has 0 fully saturated rings. The van der Waals surface area contributed by atoms with Crippen LogP contribution >= 0.6 is 15.9 Å². The lowest BCUT2D eigenvalue weighted by Crippen LogP contribution is -1.92. The monoisotopic (exact) mass is 339 g/mol. The van der Waals surface area contributed by atoms with E-state index in [0.717, 1.165) is 12.1 Å². The van der Waals surface area contributed by atoms with Crippen molar-refractivity contribution >= 4 is 27.9 Å². The van der Waals surface area contributed by atoms with Gasteiger partial charge in [-0.15, -0.1) is 0 Å². The number of nitro groups is 1. The molecule has 0 radical (unpaired) electrons. The van der Waals surface area contributed by atoms with Gasteiger partial charge in [-0.2, -0.15) is 0 Å². The number of nitrogens with zero attached hydrogens (tertiary/aromatic N) is 1. The highest BCUT2D eigenvalue weighted by Gasteiger charge is 2.12. The number of ether oxygens (including phenoxy) is 1. The summed E-state index contributed by atoms with van der Waals surface area (Å²) >= 11 is 3.18. The molecule has 0 aliphatic carbocycles. The number of aldehydes is 1. The number of halogens is 2. The highest BCUT2D eigenvalue weighted by molar-refractivity contribution is 9.10. The first kappa shape index (κ1) is 14.1. The number of nitro benzene ring substituents is 1. The third kappa shape index (κ3) is 3.18. The largest absolute Gasteiger partial charge is 0.456 e. The molecule has 102 valence electrons. The predicted molar refractivity (Wildman–Crippen MR) is 72.7 cm³/mol. The third-order valence-corrected chi connectivity index (χ3v) is 3.04. The second-order valence-electron chi connectivity index (χ2n) is 3.81. The average Bonchev–Trinajstić information content (AvgIpc) is 2.40. The SMILES string of the molecule is O=Cc1cc(F)cc(Oc2cc([N+](=O)[O-])ccc2Br)c1. The van der Waals surface area contributed by atoms with Crippen LogP contribution in [0.4, 0.5) is 10.1 Å². The van der Waals surface area contributed by atoms with E-state index in [4.69, 9.17) is 4.74 Å². The van der Waals surface area contributed by atoms with E-state index >= 15 is 0 Å². The molecule has 0 saturated heterocycles. The molecule has 0 N–H and O–H groups in total. The molecule has 0 heterocycles. The van der Waals surface area contributed by atoms with Gasteiger partial charge in [0, 0.05) is 17.7 Å². The van der Waals surface area contributed by atoms with Gasteiger partial charge < -0.3 is 4.74 Å². The molecule has 0 aromatic heterocycles. The smallest absolute Gasteiger partial charge is 0.273 e. The van der Waals surface area contributed by atoms with Crippen LogP contribution < -0.4 is 4.74 Å².